The Morgan fingerprint density at radius 2 is 1.87 bits per heavy atom. The highest BCUT2D eigenvalue weighted by Crippen LogP contribution is 2.31. The van der Waals surface area contributed by atoms with Crippen molar-refractivity contribution in [1.29, 1.82) is 0 Å². The number of ether oxygens (including phenoxy) is 2. The van der Waals surface area contributed by atoms with Gasteiger partial charge in [0.1, 0.15) is 11.5 Å². The maximum Gasteiger partial charge on any atom is 0.261 e. The van der Waals surface area contributed by atoms with Crippen molar-refractivity contribution in [3.8, 4) is 11.5 Å². The van der Waals surface area contributed by atoms with Gasteiger partial charge in [0.2, 0.25) is 0 Å². The molecule has 0 aliphatic rings. The number of rotatable bonds is 6. The van der Waals surface area contributed by atoms with Gasteiger partial charge in [-0.15, -0.1) is 11.3 Å². The summed E-state index contributed by atoms with van der Waals surface area (Å²) in [6, 6.07) is 14.9. The summed E-state index contributed by atoms with van der Waals surface area (Å²) in [6.07, 6.45) is 0. The zero-order valence-corrected chi connectivity index (χ0v) is 17.8. The highest BCUT2D eigenvalue weighted by atomic mass is 32.1. The Bertz CT molecular complexity index is 1310. The summed E-state index contributed by atoms with van der Waals surface area (Å²) in [4.78, 5) is 26.3. The minimum atomic E-state index is -0.222. The number of thiophene rings is 1. The number of nitrogens with zero attached hydrogens (tertiary/aromatic N) is 1. The van der Waals surface area contributed by atoms with Crippen LogP contribution in [0.15, 0.2) is 53.3 Å². The highest BCUT2D eigenvalue weighted by molar-refractivity contribution is 7.21. The van der Waals surface area contributed by atoms with E-state index in [4.69, 9.17) is 9.47 Å². The molecule has 1 amide bonds. The molecule has 0 aliphatic carbocycles. The lowest BCUT2D eigenvalue weighted by Gasteiger charge is -2.11. The van der Waals surface area contributed by atoms with Crippen molar-refractivity contribution in [3.63, 3.8) is 0 Å². The summed E-state index contributed by atoms with van der Waals surface area (Å²) in [5, 5.41) is 4.48. The van der Waals surface area contributed by atoms with Gasteiger partial charge in [-0.05, 0) is 31.2 Å². The molecule has 30 heavy (non-hydrogen) atoms. The van der Waals surface area contributed by atoms with Gasteiger partial charge in [0, 0.05) is 34.8 Å². The molecule has 1 N–H and O–H groups in total. The van der Waals surface area contributed by atoms with Crippen LogP contribution in [0.25, 0.3) is 21.0 Å². The molecule has 0 saturated carbocycles. The average molecular weight is 423 g/mol. The van der Waals surface area contributed by atoms with Crippen molar-refractivity contribution >= 4 is 38.2 Å². The van der Waals surface area contributed by atoms with Crippen molar-refractivity contribution in [2.45, 2.75) is 20.0 Å². The van der Waals surface area contributed by atoms with Crippen molar-refractivity contribution in [3.05, 3.63) is 69.3 Å². The first kappa shape index (κ1) is 20.0. The summed E-state index contributed by atoms with van der Waals surface area (Å²) < 4.78 is 13.2. The van der Waals surface area contributed by atoms with E-state index >= 15 is 0 Å². The lowest BCUT2D eigenvalue weighted by atomic mass is 10.1. The molecule has 2 heterocycles. The van der Waals surface area contributed by atoms with Crippen molar-refractivity contribution in [2.24, 2.45) is 0 Å². The van der Waals surface area contributed by atoms with Crippen molar-refractivity contribution < 1.29 is 14.3 Å². The predicted octanol–water partition coefficient (Wildman–Crippen LogP) is 4.18. The summed E-state index contributed by atoms with van der Waals surface area (Å²) in [6.45, 7) is 2.83. The number of aromatic nitrogens is 1. The molecule has 4 aromatic rings. The molecule has 0 radical (unpaired) electrons. The van der Waals surface area contributed by atoms with Crippen LogP contribution in [0, 0.1) is 0 Å². The fourth-order valence-corrected chi connectivity index (χ4v) is 4.69. The van der Waals surface area contributed by atoms with Gasteiger partial charge >= 0.3 is 0 Å². The van der Waals surface area contributed by atoms with Crippen LogP contribution in [0.5, 0.6) is 11.5 Å². The van der Waals surface area contributed by atoms with Crippen LogP contribution < -0.4 is 20.3 Å². The molecular weight excluding hydrogens is 400 g/mol. The number of carbonyl (C=O) groups excluding carboxylic acids is 1. The third-order valence-electron chi connectivity index (χ3n) is 5.12. The largest absolute Gasteiger partial charge is 0.497 e. The van der Waals surface area contributed by atoms with Crippen LogP contribution in [0.3, 0.4) is 0 Å². The number of nitrogens with one attached hydrogen (secondary N) is 1. The molecular formula is C23H22N2O4S. The van der Waals surface area contributed by atoms with Gasteiger partial charge in [-0.25, -0.2) is 0 Å². The number of pyridine rings is 1. The molecule has 0 atom stereocenters. The van der Waals surface area contributed by atoms with E-state index in [1.54, 1.807) is 30.9 Å². The van der Waals surface area contributed by atoms with Crippen LogP contribution in [-0.4, -0.2) is 24.7 Å². The van der Waals surface area contributed by atoms with Crippen molar-refractivity contribution in [1.82, 2.24) is 9.88 Å². The first-order valence-corrected chi connectivity index (χ1v) is 10.4. The fraction of sp³-hybridized carbons (Fsp3) is 0.217. The minimum absolute atomic E-state index is 0.0710. The molecule has 154 valence electrons. The van der Waals surface area contributed by atoms with Gasteiger partial charge in [0.15, 0.2) is 0 Å². The van der Waals surface area contributed by atoms with Gasteiger partial charge in [-0.1, -0.05) is 18.2 Å². The minimum Gasteiger partial charge on any atom is -0.497 e. The zero-order valence-electron chi connectivity index (χ0n) is 17.0. The molecule has 6 nitrogen and oxygen atoms in total. The standard InChI is InChI=1S/C23H22N2O4S/c1-4-25-18-8-6-5-7-16(18)21-17(23(25)27)12-20(30-21)22(26)24-13-14-9-10-15(28-2)11-19(14)29-3/h5-12H,4,13H2,1-3H3,(H,24,26). The Morgan fingerprint density at radius 1 is 1.07 bits per heavy atom. The number of carbonyl (C=O) groups is 1. The van der Waals surface area contributed by atoms with Crippen LogP contribution in [-0.2, 0) is 13.1 Å². The summed E-state index contributed by atoms with van der Waals surface area (Å²) in [5.74, 6) is 1.11. The number of methoxy groups -OCH3 is 2. The molecule has 0 fully saturated rings. The molecule has 4 rings (SSSR count). The predicted molar refractivity (Wildman–Crippen MR) is 120 cm³/mol. The molecule has 7 heteroatoms. The summed E-state index contributed by atoms with van der Waals surface area (Å²) in [5.41, 5.74) is 1.65. The maximum atomic E-state index is 12.9. The molecule has 2 aromatic heterocycles. The topological polar surface area (TPSA) is 69.6 Å². The number of amides is 1. The average Bonchev–Trinajstić information content (AvgIpc) is 3.24. The first-order valence-electron chi connectivity index (χ1n) is 9.61. The van der Waals surface area contributed by atoms with E-state index in [1.165, 1.54) is 11.3 Å². The second-order valence-corrected chi connectivity index (χ2v) is 7.83. The van der Waals surface area contributed by atoms with Gasteiger partial charge in [0.05, 0.1) is 30.0 Å². The maximum absolute atomic E-state index is 12.9. The molecule has 0 spiro atoms. The number of para-hydroxylation sites is 1. The van der Waals surface area contributed by atoms with E-state index in [0.29, 0.717) is 34.9 Å². The monoisotopic (exact) mass is 422 g/mol. The first-order chi connectivity index (χ1) is 14.6. The lowest BCUT2D eigenvalue weighted by molar-refractivity contribution is 0.0955. The van der Waals surface area contributed by atoms with Gasteiger partial charge < -0.3 is 19.4 Å². The van der Waals surface area contributed by atoms with Crippen molar-refractivity contribution in [2.75, 3.05) is 14.2 Å². The van der Waals surface area contributed by atoms with Crippen LogP contribution in [0.2, 0.25) is 0 Å². The van der Waals surface area contributed by atoms with E-state index in [9.17, 15) is 9.59 Å². The van der Waals surface area contributed by atoms with Crippen LogP contribution in [0.4, 0.5) is 0 Å². The third-order valence-corrected chi connectivity index (χ3v) is 6.29. The van der Waals surface area contributed by atoms with Crippen LogP contribution >= 0.6 is 11.3 Å². The van der Waals surface area contributed by atoms with E-state index in [0.717, 1.165) is 21.2 Å². The second kappa shape index (κ2) is 8.20. The normalized spacial score (nSPS) is 11.0. The Kier molecular flexibility index (Phi) is 5.46. The molecule has 0 unspecified atom stereocenters. The van der Waals surface area contributed by atoms with E-state index < -0.39 is 0 Å². The Hall–Kier alpha value is -3.32. The lowest BCUT2D eigenvalue weighted by Crippen LogP contribution is -2.22. The van der Waals surface area contributed by atoms with Gasteiger partial charge in [0.25, 0.3) is 11.5 Å². The summed E-state index contributed by atoms with van der Waals surface area (Å²) in [7, 11) is 3.17. The molecule has 0 saturated heterocycles. The number of hydrogen-bond donors (Lipinski definition) is 1. The second-order valence-electron chi connectivity index (χ2n) is 6.78. The SMILES string of the molecule is CCn1c(=O)c2cc(C(=O)NCc3ccc(OC)cc3OC)sc2c2ccccc21. The Labute approximate surface area is 177 Å². The number of fused-ring (bicyclic) bond motifs is 3. The zero-order chi connectivity index (χ0) is 21.3. The van der Waals surface area contributed by atoms with Gasteiger partial charge in [-0.3, -0.25) is 9.59 Å². The smallest absolute Gasteiger partial charge is 0.261 e. The Morgan fingerprint density at radius 3 is 2.60 bits per heavy atom. The van der Waals surface area contributed by atoms with Crippen LogP contribution in [0.1, 0.15) is 22.2 Å². The number of aryl methyl sites for hydroxylation is 1. The fourth-order valence-electron chi connectivity index (χ4n) is 3.59. The van der Waals surface area contributed by atoms with E-state index in [1.807, 2.05) is 43.3 Å². The molecule has 0 aliphatic heterocycles. The number of benzene rings is 2. The third kappa shape index (κ3) is 3.41. The van der Waals surface area contributed by atoms with Gasteiger partial charge in [-0.2, -0.15) is 0 Å². The van der Waals surface area contributed by atoms with E-state index in [2.05, 4.69) is 5.32 Å². The molecule has 2 aromatic carbocycles. The number of hydrogen-bond acceptors (Lipinski definition) is 5. The van der Waals surface area contributed by atoms with E-state index in [-0.39, 0.29) is 11.5 Å². The highest BCUT2D eigenvalue weighted by Gasteiger charge is 2.17. The molecule has 0 bridgehead atoms. The quantitative estimate of drug-likeness (QED) is 0.506. The Balaban J connectivity index is 1.67. The summed E-state index contributed by atoms with van der Waals surface area (Å²) >= 11 is 1.34.